The first-order chi connectivity index (χ1) is 11.9. The average Bonchev–Trinajstić information content (AvgIpc) is 3.23. The molecule has 0 spiro atoms. The highest BCUT2D eigenvalue weighted by molar-refractivity contribution is 7.38. The Bertz CT molecular complexity index is 914. The van der Waals surface area contributed by atoms with Crippen molar-refractivity contribution in [2.75, 3.05) is 25.6 Å². The summed E-state index contributed by atoms with van der Waals surface area (Å²) in [4.78, 5) is 12.1. The fourth-order valence-electron chi connectivity index (χ4n) is 3.25. The smallest absolute Gasteiger partial charge is 0.387 e. The molecule has 2 aliphatic heterocycles. The first-order valence-electron chi connectivity index (χ1n) is 7.32. The van der Waals surface area contributed by atoms with Crippen molar-refractivity contribution in [2.45, 2.75) is 23.5 Å². The molecule has 4 rings (SSSR count). The van der Waals surface area contributed by atoms with Crippen LogP contribution in [-0.2, 0) is 24.3 Å². The maximum absolute atomic E-state index is 11.3. The van der Waals surface area contributed by atoms with Crippen LogP contribution in [0.3, 0.4) is 0 Å². The molecule has 4 heterocycles. The fourth-order valence-corrected chi connectivity index (χ4v) is 3.65. The lowest BCUT2D eigenvalue weighted by atomic mass is 9.98. The monoisotopic (exact) mass is 365 g/mol. The molecule has 0 aliphatic carbocycles. The molecule has 2 aromatic heterocycles. The lowest BCUT2D eigenvalue weighted by Crippen LogP contribution is -2.50. The molecule has 2 saturated heterocycles. The van der Waals surface area contributed by atoms with Crippen molar-refractivity contribution in [3.63, 3.8) is 0 Å². The van der Waals surface area contributed by atoms with Crippen LogP contribution in [0.15, 0.2) is 12.7 Å². The van der Waals surface area contributed by atoms with Gasteiger partial charge < -0.3 is 20.3 Å². The SMILES string of the molecule is C[P+](=O)OC[C@]12CO[C@H]([C@@H]1O)[C@](C#N)(n1cnc3c(N)ncnc31)O2. The minimum absolute atomic E-state index is 0.00912. The predicted molar refractivity (Wildman–Crippen MR) is 82.4 cm³/mol. The third-order valence-corrected chi connectivity index (χ3v) is 4.94. The summed E-state index contributed by atoms with van der Waals surface area (Å²) in [6, 6.07) is 2.05. The molecule has 0 amide bonds. The summed E-state index contributed by atoms with van der Waals surface area (Å²) in [7, 11) is -1.90. The predicted octanol–water partition coefficient (Wildman–Crippen LogP) is -0.498. The van der Waals surface area contributed by atoms with E-state index in [2.05, 4.69) is 21.0 Å². The van der Waals surface area contributed by atoms with E-state index < -0.39 is 31.6 Å². The number of nitrogens with zero attached hydrogens (tertiary/aromatic N) is 5. The Morgan fingerprint density at radius 3 is 3.12 bits per heavy atom. The van der Waals surface area contributed by atoms with Gasteiger partial charge in [-0.3, -0.25) is 4.57 Å². The molecule has 2 fully saturated rings. The normalized spacial score (nSPS) is 34.4. The van der Waals surface area contributed by atoms with Gasteiger partial charge in [0.25, 0.3) is 5.72 Å². The topological polar surface area (TPSA) is 158 Å². The molecule has 25 heavy (non-hydrogen) atoms. The molecule has 11 nitrogen and oxygen atoms in total. The van der Waals surface area contributed by atoms with Crippen LogP contribution in [0.1, 0.15) is 0 Å². The number of anilines is 1. The summed E-state index contributed by atoms with van der Waals surface area (Å²) in [5.74, 6) is 0.155. The molecular weight excluding hydrogens is 351 g/mol. The number of aliphatic hydroxyl groups excluding tert-OH is 1. The molecule has 2 aliphatic rings. The van der Waals surface area contributed by atoms with Gasteiger partial charge in [-0.25, -0.2) is 15.0 Å². The largest absolute Gasteiger partial charge is 0.504 e. The summed E-state index contributed by atoms with van der Waals surface area (Å²) < 4.78 is 29.4. The maximum Gasteiger partial charge on any atom is 0.504 e. The molecule has 1 unspecified atom stereocenters. The average molecular weight is 365 g/mol. The van der Waals surface area contributed by atoms with Gasteiger partial charge in [-0.2, -0.15) is 5.26 Å². The van der Waals surface area contributed by atoms with E-state index in [1.54, 1.807) is 0 Å². The number of rotatable bonds is 4. The minimum atomic E-state index is -1.90. The number of nitrogen functional groups attached to an aromatic ring is 1. The molecule has 130 valence electrons. The third-order valence-electron chi connectivity index (χ3n) is 4.45. The number of imidazole rings is 1. The van der Waals surface area contributed by atoms with Gasteiger partial charge in [0.05, 0.1) is 6.61 Å². The zero-order chi connectivity index (χ0) is 17.8. The van der Waals surface area contributed by atoms with Gasteiger partial charge in [0, 0.05) is 0 Å². The molecule has 5 atom stereocenters. The van der Waals surface area contributed by atoms with Gasteiger partial charge in [0.2, 0.25) is 0 Å². The molecule has 2 aromatic rings. The van der Waals surface area contributed by atoms with Crippen LogP contribution in [0.5, 0.6) is 0 Å². The number of nitriles is 1. The Morgan fingerprint density at radius 2 is 2.40 bits per heavy atom. The molecule has 0 saturated carbocycles. The maximum atomic E-state index is 11.3. The first kappa shape index (κ1) is 16.3. The Labute approximate surface area is 142 Å². The summed E-state index contributed by atoms with van der Waals surface area (Å²) in [5.41, 5.74) is 3.34. The van der Waals surface area contributed by atoms with Gasteiger partial charge in [-0.05, 0) is 4.57 Å². The zero-order valence-electron chi connectivity index (χ0n) is 13.1. The van der Waals surface area contributed by atoms with Crippen molar-refractivity contribution in [1.29, 1.82) is 5.26 Å². The van der Waals surface area contributed by atoms with Gasteiger partial charge in [0.15, 0.2) is 23.7 Å². The van der Waals surface area contributed by atoms with Gasteiger partial charge in [0.1, 0.15) is 43.1 Å². The number of fused-ring (bicyclic) bond motifs is 3. The van der Waals surface area contributed by atoms with E-state index in [1.165, 1.54) is 23.9 Å². The van der Waals surface area contributed by atoms with Crippen LogP contribution < -0.4 is 5.73 Å². The fraction of sp³-hybridized carbons (Fsp3) is 0.538. The minimum Gasteiger partial charge on any atom is -0.387 e. The van der Waals surface area contributed by atoms with Gasteiger partial charge >= 0.3 is 8.03 Å². The summed E-state index contributed by atoms with van der Waals surface area (Å²) in [5, 5.41) is 20.5. The number of hydrogen-bond donors (Lipinski definition) is 2. The molecule has 0 aromatic carbocycles. The summed E-state index contributed by atoms with van der Waals surface area (Å²) in [6.07, 6.45) is 0.430. The van der Waals surface area contributed by atoms with Crippen molar-refractivity contribution in [2.24, 2.45) is 0 Å². The second kappa shape index (κ2) is 5.39. The number of nitrogens with two attached hydrogens (primary N) is 1. The summed E-state index contributed by atoms with van der Waals surface area (Å²) >= 11 is 0. The Morgan fingerprint density at radius 1 is 1.60 bits per heavy atom. The van der Waals surface area contributed by atoms with E-state index in [0.717, 1.165) is 0 Å². The Balaban J connectivity index is 1.81. The van der Waals surface area contributed by atoms with Crippen molar-refractivity contribution >= 4 is 25.0 Å². The number of aromatic nitrogens is 4. The lowest BCUT2D eigenvalue weighted by Gasteiger charge is -2.34. The van der Waals surface area contributed by atoms with E-state index in [0.29, 0.717) is 5.52 Å². The van der Waals surface area contributed by atoms with E-state index in [-0.39, 0.29) is 24.7 Å². The number of aliphatic hydroxyl groups is 1. The van der Waals surface area contributed by atoms with Crippen molar-refractivity contribution in [1.82, 2.24) is 19.5 Å². The standard InChI is InChI=1S/C13H14N6O5P/c1-25(21)23-4-12-3-22-9(8(12)20)13(2-14,24-12)19-6-18-7-10(15)16-5-17-11(7)19/h5-6,8-9,20H,3-4H2,1H3,(H2,15,16,17)/q+1/t8-,9+,12+,13+/m0/s1. The van der Waals surface area contributed by atoms with E-state index >= 15 is 0 Å². The second-order valence-corrected chi connectivity index (χ2v) is 7.05. The number of ether oxygens (including phenoxy) is 2. The van der Waals surface area contributed by atoms with Crippen molar-refractivity contribution in [3.05, 3.63) is 12.7 Å². The summed E-state index contributed by atoms with van der Waals surface area (Å²) in [6.45, 7) is 1.22. The highest BCUT2D eigenvalue weighted by Gasteiger charge is 2.71. The molecule has 3 N–H and O–H groups in total. The van der Waals surface area contributed by atoms with Crippen LogP contribution in [-0.4, -0.2) is 62.3 Å². The molecule has 12 heteroatoms. The van der Waals surface area contributed by atoms with E-state index in [9.17, 15) is 14.9 Å². The van der Waals surface area contributed by atoms with Crippen LogP contribution >= 0.6 is 8.03 Å². The van der Waals surface area contributed by atoms with Crippen LogP contribution in [0, 0.1) is 11.3 Å². The van der Waals surface area contributed by atoms with Gasteiger partial charge in [-0.1, -0.05) is 0 Å². The molecular formula is C13H14N6O5P+. The quantitative estimate of drug-likeness (QED) is 0.676. The Kier molecular flexibility index (Phi) is 3.50. The second-order valence-electron chi connectivity index (χ2n) is 5.91. The third kappa shape index (κ3) is 2.09. The van der Waals surface area contributed by atoms with E-state index in [4.69, 9.17) is 19.7 Å². The van der Waals surface area contributed by atoms with Crippen LogP contribution in [0.4, 0.5) is 5.82 Å². The highest BCUT2D eigenvalue weighted by atomic mass is 31.1. The van der Waals surface area contributed by atoms with Crippen LogP contribution in [0.25, 0.3) is 11.2 Å². The van der Waals surface area contributed by atoms with Crippen molar-refractivity contribution < 1.29 is 23.7 Å². The van der Waals surface area contributed by atoms with Crippen molar-refractivity contribution in [3.8, 4) is 6.07 Å². The molecule has 0 radical (unpaired) electrons. The van der Waals surface area contributed by atoms with E-state index in [1.807, 2.05) is 0 Å². The Hall–Kier alpha value is -2.22. The van der Waals surface area contributed by atoms with Crippen LogP contribution in [0.2, 0.25) is 0 Å². The molecule has 2 bridgehead atoms. The first-order valence-corrected chi connectivity index (χ1v) is 8.95. The highest BCUT2D eigenvalue weighted by Crippen LogP contribution is 2.50. The lowest BCUT2D eigenvalue weighted by molar-refractivity contribution is -0.219. The van der Waals surface area contributed by atoms with Gasteiger partial charge in [-0.15, -0.1) is 4.52 Å². The zero-order valence-corrected chi connectivity index (χ0v) is 14.0. The number of hydrogen-bond acceptors (Lipinski definition) is 10.